The second kappa shape index (κ2) is 6.18. The van der Waals surface area contributed by atoms with E-state index in [2.05, 4.69) is 26.2 Å². The minimum absolute atomic E-state index is 0.0274. The Bertz CT molecular complexity index is 710. The van der Waals surface area contributed by atoms with Crippen LogP contribution in [0.2, 0.25) is 5.02 Å². The first-order valence-electron chi connectivity index (χ1n) is 8.16. The number of aliphatic hydroxyl groups is 1. The molecule has 1 aromatic rings. The van der Waals surface area contributed by atoms with Gasteiger partial charge in [0.25, 0.3) is 0 Å². The predicted molar refractivity (Wildman–Crippen MR) is 95.2 cm³/mol. The van der Waals surface area contributed by atoms with Gasteiger partial charge in [-0.05, 0) is 47.4 Å². The number of piperidine rings is 1. The first-order chi connectivity index (χ1) is 11.5. The van der Waals surface area contributed by atoms with Crippen LogP contribution in [-0.4, -0.2) is 41.6 Å². The van der Waals surface area contributed by atoms with E-state index in [1.165, 1.54) is 0 Å². The number of fused-ring (bicyclic) bond motifs is 2. The molecule has 5 nitrogen and oxygen atoms in total. The van der Waals surface area contributed by atoms with Gasteiger partial charge in [-0.15, -0.1) is 0 Å². The van der Waals surface area contributed by atoms with Crippen molar-refractivity contribution >= 4 is 45.2 Å². The van der Waals surface area contributed by atoms with E-state index < -0.39 is 11.7 Å². The number of hydrogen-bond acceptors (Lipinski definition) is 5. The molecule has 0 bridgehead atoms. The number of nitrogens with zero attached hydrogens (tertiary/aromatic N) is 1. The highest BCUT2D eigenvalue weighted by atomic mass is 79.9. The van der Waals surface area contributed by atoms with Gasteiger partial charge in [0.15, 0.2) is 11.6 Å². The van der Waals surface area contributed by atoms with Gasteiger partial charge in [0.2, 0.25) is 0 Å². The largest absolute Gasteiger partial charge is 0.365 e. The van der Waals surface area contributed by atoms with Crippen LogP contribution in [0.5, 0.6) is 0 Å². The molecule has 24 heavy (non-hydrogen) atoms. The van der Waals surface area contributed by atoms with Crippen molar-refractivity contribution in [3.63, 3.8) is 0 Å². The second-order valence-corrected chi connectivity index (χ2v) is 8.01. The highest BCUT2D eigenvalue weighted by Crippen LogP contribution is 2.40. The van der Waals surface area contributed by atoms with Crippen LogP contribution in [0.15, 0.2) is 21.6 Å². The van der Waals surface area contributed by atoms with Gasteiger partial charge < -0.3 is 15.2 Å². The van der Waals surface area contributed by atoms with Crippen LogP contribution >= 0.6 is 27.5 Å². The van der Waals surface area contributed by atoms with E-state index >= 15 is 0 Å². The third kappa shape index (κ3) is 2.95. The number of halogens is 2. The molecule has 1 aromatic carbocycles. The number of rotatable bonds is 2. The lowest BCUT2D eigenvalue weighted by molar-refractivity contribution is -0.199. The molecule has 4 rings (SSSR count). The second-order valence-electron chi connectivity index (χ2n) is 6.75. The van der Waals surface area contributed by atoms with Gasteiger partial charge in [-0.2, -0.15) is 0 Å². The highest BCUT2D eigenvalue weighted by molar-refractivity contribution is 9.10. The van der Waals surface area contributed by atoms with Gasteiger partial charge in [0.05, 0.1) is 22.7 Å². The van der Waals surface area contributed by atoms with Crippen LogP contribution in [0.1, 0.15) is 36.0 Å². The maximum absolute atomic E-state index is 12.8. The Hall–Kier alpha value is -0.790. The molecule has 0 amide bonds. The number of carbonyl (C=O) groups excluding carboxylic acids is 1. The molecular weight excluding hydrogens is 396 g/mol. The predicted octanol–water partition coefficient (Wildman–Crippen LogP) is 3.24. The van der Waals surface area contributed by atoms with Crippen molar-refractivity contribution in [3.05, 3.63) is 27.2 Å². The fourth-order valence-electron chi connectivity index (χ4n) is 3.84. The van der Waals surface area contributed by atoms with Gasteiger partial charge in [-0.1, -0.05) is 11.6 Å². The summed E-state index contributed by atoms with van der Waals surface area (Å²) in [6.45, 7) is 0.951. The Morgan fingerprint density at radius 3 is 3.12 bits per heavy atom. The Labute approximate surface area is 153 Å². The summed E-state index contributed by atoms with van der Waals surface area (Å²) >= 11 is 9.40. The molecule has 3 aliphatic heterocycles. The summed E-state index contributed by atoms with van der Waals surface area (Å²) in [5, 5.41) is 14.7. The summed E-state index contributed by atoms with van der Waals surface area (Å²) in [5.74, 6) is -1.83. The van der Waals surface area contributed by atoms with E-state index in [-0.39, 0.29) is 24.3 Å². The third-order valence-corrected chi connectivity index (χ3v) is 6.20. The maximum atomic E-state index is 12.8. The molecule has 2 unspecified atom stereocenters. The maximum Gasteiger partial charge on any atom is 0.173 e. The number of ketones is 1. The van der Waals surface area contributed by atoms with Crippen molar-refractivity contribution in [2.45, 2.75) is 43.6 Å². The van der Waals surface area contributed by atoms with Gasteiger partial charge >= 0.3 is 0 Å². The van der Waals surface area contributed by atoms with E-state index in [0.717, 1.165) is 19.4 Å². The van der Waals surface area contributed by atoms with E-state index in [1.54, 1.807) is 18.3 Å². The van der Waals surface area contributed by atoms with Gasteiger partial charge in [-0.3, -0.25) is 9.79 Å². The lowest BCUT2D eigenvalue weighted by atomic mass is 9.87. The molecule has 0 aliphatic carbocycles. The summed E-state index contributed by atoms with van der Waals surface area (Å²) in [7, 11) is 0. The number of carbonyl (C=O) groups is 1. The van der Waals surface area contributed by atoms with Crippen LogP contribution < -0.4 is 5.32 Å². The molecule has 0 radical (unpaired) electrons. The molecule has 7 heteroatoms. The molecule has 2 fully saturated rings. The topological polar surface area (TPSA) is 70.9 Å². The number of hydrogen-bond donors (Lipinski definition) is 2. The van der Waals surface area contributed by atoms with Crippen LogP contribution in [0, 0.1) is 5.92 Å². The Kier molecular flexibility index (Phi) is 4.29. The zero-order chi connectivity index (χ0) is 16.9. The summed E-state index contributed by atoms with van der Waals surface area (Å²) < 4.78 is 6.55. The minimum atomic E-state index is -1.28. The fraction of sp³-hybridized carbons (Fsp3) is 0.529. The Morgan fingerprint density at radius 2 is 2.33 bits per heavy atom. The summed E-state index contributed by atoms with van der Waals surface area (Å²) in [6, 6.07) is 3.54. The number of Topliss-reactive ketones (excluding diaryl/α,β-unsaturated/α-hetero) is 1. The molecular formula is C17H18BrClN2O3. The lowest BCUT2D eigenvalue weighted by Crippen LogP contribution is -2.41. The molecule has 0 saturated carbocycles. The quantitative estimate of drug-likeness (QED) is 0.781. The molecule has 4 atom stereocenters. The highest BCUT2D eigenvalue weighted by Gasteiger charge is 2.48. The molecule has 2 saturated heterocycles. The molecule has 3 heterocycles. The zero-order valence-corrected chi connectivity index (χ0v) is 15.3. The fourth-order valence-corrected chi connectivity index (χ4v) is 4.34. The Balaban J connectivity index is 1.54. The van der Waals surface area contributed by atoms with Crippen LogP contribution in [0.4, 0.5) is 5.69 Å². The minimum Gasteiger partial charge on any atom is -0.365 e. The van der Waals surface area contributed by atoms with Crippen molar-refractivity contribution in [2.75, 3.05) is 6.54 Å². The van der Waals surface area contributed by atoms with E-state index in [4.69, 9.17) is 16.3 Å². The van der Waals surface area contributed by atoms with Crippen molar-refractivity contribution in [2.24, 2.45) is 10.9 Å². The van der Waals surface area contributed by atoms with Crippen LogP contribution in [-0.2, 0) is 4.74 Å². The summed E-state index contributed by atoms with van der Waals surface area (Å²) in [6.07, 6.45) is 4.35. The average molecular weight is 414 g/mol. The third-order valence-electron chi connectivity index (χ3n) is 5.00. The first-order valence-corrected chi connectivity index (χ1v) is 9.33. The van der Waals surface area contributed by atoms with Gasteiger partial charge in [-0.25, -0.2) is 0 Å². The lowest BCUT2D eigenvalue weighted by Gasteiger charge is -2.27. The molecule has 0 spiro atoms. The van der Waals surface area contributed by atoms with Crippen LogP contribution in [0.25, 0.3) is 0 Å². The number of nitrogens with one attached hydrogen (secondary N) is 1. The van der Waals surface area contributed by atoms with E-state index in [9.17, 15) is 9.90 Å². The Morgan fingerprint density at radius 1 is 1.50 bits per heavy atom. The van der Waals surface area contributed by atoms with Crippen molar-refractivity contribution in [1.82, 2.24) is 5.32 Å². The number of ether oxygens (including phenoxy) is 1. The SMILES string of the molecule is O=C1c2cc(Br)c(Cl)cc2N=CC1CC1(O)C[C@@H]2NCCC[C@@H]2O1. The van der Waals surface area contributed by atoms with Gasteiger partial charge in [0, 0.05) is 35.1 Å². The normalized spacial score (nSPS) is 35.0. The first kappa shape index (κ1) is 16.7. The zero-order valence-electron chi connectivity index (χ0n) is 13.0. The molecule has 3 aliphatic rings. The monoisotopic (exact) mass is 412 g/mol. The summed E-state index contributed by atoms with van der Waals surface area (Å²) in [4.78, 5) is 17.1. The van der Waals surface area contributed by atoms with Gasteiger partial charge in [0.1, 0.15) is 0 Å². The van der Waals surface area contributed by atoms with Crippen molar-refractivity contribution in [3.8, 4) is 0 Å². The number of aliphatic imine (C=N–C) groups is 1. The average Bonchev–Trinajstić information content (AvgIpc) is 2.88. The molecule has 2 N–H and O–H groups in total. The molecule has 0 aromatic heterocycles. The van der Waals surface area contributed by atoms with E-state index in [1.807, 2.05) is 0 Å². The van der Waals surface area contributed by atoms with Crippen molar-refractivity contribution in [1.29, 1.82) is 0 Å². The van der Waals surface area contributed by atoms with Crippen molar-refractivity contribution < 1.29 is 14.6 Å². The molecule has 128 valence electrons. The number of benzene rings is 1. The smallest absolute Gasteiger partial charge is 0.173 e. The summed E-state index contributed by atoms with van der Waals surface area (Å²) in [5.41, 5.74) is 1.09. The van der Waals surface area contributed by atoms with Crippen LogP contribution in [0.3, 0.4) is 0 Å². The van der Waals surface area contributed by atoms with E-state index in [0.29, 0.717) is 27.2 Å². The standard InChI is InChI=1S/C17H18BrClN2O3/c18-11-4-10-13(5-12(11)19)21-8-9(16(10)22)6-17(23)7-14-15(24-17)2-1-3-20-14/h4-5,8-9,14-15,20,23H,1-3,6-7H2/t9?,14-,15-,17?/m0/s1.